The van der Waals surface area contributed by atoms with Crippen molar-refractivity contribution in [2.45, 2.75) is 0 Å². The van der Waals surface area contributed by atoms with Gasteiger partial charge >= 0.3 is 0 Å². The smallest absolute Gasteiger partial charge is 0.198 e. The Bertz CT molecular complexity index is 820. The molecule has 0 atom stereocenters. The van der Waals surface area contributed by atoms with Crippen molar-refractivity contribution in [1.29, 1.82) is 0 Å². The number of para-hydroxylation sites is 1. The fraction of sp³-hybridized carbons (Fsp3) is 0.0625. The number of aromatic nitrogens is 1. The number of benzene rings is 2. The zero-order valence-corrected chi connectivity index (χ0v) is 10.9. The van der Waals surface area contributed by atoms with E-state index in [0.29, 0.717) is 11.3 Å². The minimum absolute atomic E-state index is 0.0375. The largest absolute Gasteiger partial charge is 0.399 e. The molecular formula is C16H13FN2O. The summed E-state index contributed by atoms with van der Waals surface area (Å²) in [5.74, 6) is -0.928. The molecule has 1 heterocycles. The van der Waals surface area contributed by atoms with Gasteiger partial charge < -0.3 is 10.3 Å². The van der Waals surface area contributed by atoms with Crippen LogP contribution in [0.5, 0.6) is 0 Å². The van der Waals surface area contributed by atoms with E-state index in [2.05, 4.69) is 0 Å². The van der Waals surface area contributed by atoms with Crippen molar-refractivity contribution in [2.24, 2.45) is 7.05 Å². The van der Waals surface area contributed by atoms with E-state index >= 15 is 0 Å². The van der Waals surface area contributed by atoms with Gasteiger partial charge in [0, 0.05) is 35.4 Å². The first-order valence-electron chi connectivity index (χ1n) is 6.21. The van der Waals surface area contributed by atoms with Crippen LogP contribution in [-0.2, 0) is 7.05 Å². The number of nitrogens with two attached hydrogens (primary N) is 1. The van der Waals surface area contributed by atoms with Crippen LogP contribution in [0.3, 0.4) is 0 Å². The van der Waals surface area contributed by atoms with E-state index in [0.717, 1.165) is 10.9 Å². The molecule has 1 aromatic heterocycles. The van der Waals surface area contributed by atoms with Gasteiger partial charge in [-0.15, -0.1) is 0 Å². The number of ketones is 1. The highest BCUT2D eigenvalue weighted by Gasteiger charge is 2.18. The molecule has 4 heteroatoms. The number of hydrogen-bond acceptors (Lipinski definition) is 2. The lowest BCUT2D eigenvalue weighted by atomic mass is 10.0. The molecule has 0 spiro atoms. The summed E-state index contributed by atoms with van der Waals surface area (Å²) >= 11 is 0. The molecule has 2 aromatic carbocycles. The second kappa shape index (κ2) is 4.49. The van der Waals surface area contributed by atoms with Crippen LogP contribution in [0.1, 0.15) is 15.9 Å². The lowest BCUT2D eigenvalue weighted by Gasteiger charge is -2.02. The molecule has 0 aliphatic heterocycles. The first-order chi connectivity index (χ1) is 9.58. The standard InChI is InChI=1S/C16H13FN2O/c1-19-9-13(11-4-2-3-5-15(11)19)16(20)12-7-6-10(18)8-14(12)17/h2-9H,18H2,1H3. The molecule has 100 valence electrons. The molecule has 0 aliphatic carbocycles. The zero-order chi connectivity index (χ0) is 14.3. The Balaban J connectivity index is 2.18. The van der Waals surface area contributed by atoms with Gasteiger partial charge in [0.25, 0.3) is 0 Å². The van der Waals surface area contributed by atoms with Crippen LogP contribution in [0.2, 0.25) is 0 Å². The SMILES string of the molecule is Cn1cc(C(=O)c2ccc(N)cc2F)c2ccccc21. The highest BCUT2D eigenvalue weighted by Crippen LogP contribution is 2.24. The van der Waals surface area contributed by atoms with Crippen molar-refractivity contribution < 1.29 is 9.18 Å². The summed E-state index contributed by atoms with van der Waals surface area (Å²) in [5.41, 5.74) is 7.28. The first-order valence-corrected chi connectivity index (χ1v) is 6.21. The van der Waals surface area contributed by atoms with E-state index in [9.17, 15) is 9.18 Å². The monoisotopic (exact) mass is 268 g/mol. The maximum Gasteiger partial charge on any atom is 0.198 e. The Kier molecular flexibility index (Phi) is 2.79. The van der Waals surface area contributed by atoms with E-state index in [-0.39, 0.29) is 11.3 Å². The molecule has 20 heavy (non-hydrogen) atoms. The van der Waals surface area contributed by atoms with Gasteiger partial charge in [-0.2, -0.15) is 0 Å². The third-order valence-corrected chi connectivity index (χ3v) is 3.38. The summed E-state index contributed by atoms with van der Waals surface area (Å²) in [7, 11) is 1.86. The van der Waals surface area contributed by atoms with E-state index in [1.165, 1.54) is 18.2 Å². The average Bonchev–Trinajstić information content (AvgIpc) is 2.76. The summed E-state index contributed by atoms with van der Waals surface area (Å²) in [4.78, 5) is 12.5. The molecule has 0 saturated heterocycles. The van der Waals surface area contributed by atoms with Crippen LogP contribution < -0.4 is 5.73 Å². The van der Waals surface area contributed by atoms with Gasteiger partial charge in [0.15, 0.2) is 5.78 Å². The van der Waals surface area contributed by atoms with E-state index in [1.54, 1.807) is 6.20 Å². The van der Waals surface area contributed by atoms with Crippen LogP contribution in [-0.4, -0.2) is 10.4 Å². The second-order valence-corrected chi connectivity index (χ2v) is 4.74. The molecular weight excluding hydrogens is 255 g/mol. The molecule has 3 aromatic rings. The Morgan fingerprint density at radius 3 is 2.65 bits per heavy atom. The Morgan fingerprint density at radius 1 is 1.15 bits per heavy atom. The molecule has 0 amide bonds. The second-order valence-electron chi connectivity index (χ2n) is 4.74. The van der Waals surface area contributed by atoms with Gasteiger partial charge in [-0.25, -0.2) is 4.39 Å². The predicted octanol–water partition coefficient (Wildman–Crippen LogP) is 3.13. The summed E-state index contributed by atoms with van der Waals surface area (Å²) in [6.45, 7) is 0. The van der Waals surface area contributed by atoms with E-state index in [1.807, 2.05) is 35.9 Å². The number of fused-ring (bicyclic) bond motifs is 1. The summed E-state index contributed by atoms with van der Waals surface area (Å²) in [6, 6.07) is 11.7. The molecule has 3 rings (SSSR count). The van der Waals surface area contributed by atoms with E-state index < -0.39 is 5.82 Å². The van der Waals surface area contributed by atoms with Crippen molar-refractivity contribution in [2.75, 3.05) is 5.73 Å². The van der Waals surface area contributed by atoms with Crippen molar-refractivity contribution >= 4 is 22.4 Å². The lowest BCUT2D eigenvalue weighted by Crippen LogP contribution is -2.04. The van der Waals surface area contributed by atoms with Crippen molar-refractivity contribution in [3.8, 4) is 0 Å². The molecule has 0 saturated carbocycles. The summed E-state index contributed by atoms with van der Waals surface area (Å²) in [6.07, 6.45) is 1.72. The highest BCUT2D eigenvalue weighted by atomic mass is 19.1. The number of anilines is 1. The minimum atomic E-state index is -0.595. The van der Waals surface area contributed by atoms with Gasteiger partial charge in [0.1, 0.15) is 5.82 Å². The van der Waals surface area contributed by atoms with Crippen LogP contribution in [0, 0.1) is 5.82 Å². The van der Waals surface area contributed by atoms with Crippen LogP contribution in [0.15, 0.2) is 48.7 Å². The van der Waals surface area contributed by atoms with Gasteiger partial charge in [0.05, 0.1) is 5.56 Å². The van der Waals surface area contributed by atoms with Gasteiger partial charge in [-0.1, -0.05) is 18.2 Å². The number of halogens is 1. The van der Waals surface area contributed by atoms with Crippen molar-refractivity contribution in [3.05, 3.63) is 65.6 Å². The number of aryl methyl sites for hydroxylation is 1. The van der Waals surface area contributed by atoms with Gasteiger partial charge in [-0.05, 0) is 24.3 Å². The molecule has 0 bridgehead atoms. The number of hydrogen-bond donors (Lipinski definition) is 1. The third kappa shape index (κ3) is 1.86. The minimum Gasteiger partial charge on any atom is -0.399 e. The van der Waals surface area contributed by atoms with Crippen LogP contribution in [0.4, 0.5) is 10.1 Å². The fourth-order valence-electron chi connectivity index (χ4n) is 2.38. The molecule has 3 nitrogen and oxygen atoms in total. The zero-order valence-electron chi connectivity index (χ0n) is 10.9. The quantitative estimate of drug-likeness (QED) is 0.573. The Hall–Kier alpha value is -2.62. The number of nitrogen functional groups attached to an aromatic ring is 1. The van der Waals surface area contributed by atoms with Crippen molar-refractivity contribution in [3.63, 3.8) is 0 Å². The lowest BCUT2D eigenvalue weighted by molar-refractivity contribution is 0.103. The van der Waals surface area contributed by atoms with Crippen LogP contribution >= 0.6 is 0 Å². The number of carbonyl (C=O) groups excluding carboxylic acids is 1. The normalized spacial score (nSPS) is 10.9. The van der Waals surface area contributed by atoms with Gasteiger partial charge in [-0.3, -0.25) is 4.79 Å². The molecule has 2 N–H and O–H groups in total. The van der Waals surface area contributed by atoms with E-state index in [4.69, 9.17) is 5.73 Å². The highest BCUT2D eigenvalue weighted by molar-refractivity contribution is 6.16. The maximum atomic E-state index is 13.9. The number of nitrogens with zero attached hydrogens (tertiary/aromatic N) is 1. The summed E-state index contributed by atoms with van der Waals surface area (Å²) < 4.78 is 15.7. The Morgan fingerprint density at radius 2 is 1.90 bits per heavy atom. The third-order valence-electron chi connectivity index (χ3n) is 3.38. The average molecular weight is 268 g/mol. The van der Waals surface area contributed by atoms with Crippen LogP contribution in [0.25, 0.3) is 10.9 Å². The topological polar surface area (TPSA) is 48.0 Å². The van der Waals surface area contributed by atoms with Crippen molar-refractivity contribution in [1.82, 2.24) is 4.57 Å². The number of rotatable bonds is 2. The molecule has 0 unspecified atom stereocenters. The first kappa shape index (κ1) is 12.4. The maximum absolute atomic E-state index is 13.9. The number of carbonyl (C=O) groups is 1. The Labute approximate surface area is 115 Å². The molecule has 0 fully saturated rings. The van der Waals surface area contributed by atoms with Gasteiger partial charge in [0.2, 0.25) is 0 Å². The summed E-state index contributed by atoms with van der Waals surface area (Å²) in [5, 5.41) is 0.816. The fourth-order valence-corrected chi connectivity index (χ4v) is 2.38. The predicted molar refractivity (Wildman–Crippen MR) is 77.2 cm³/mol. The molecule has 0 radical (unpaired) electrons. The molecule has 0 aliphatic rings.